The average molecular weight is 170 g/mol. The first-order chi connectivity index (χ1) is 5.81. The second-order valence-corrected chi connectivity index (χ2v) is 4.22. The van der Waals surface area contributed by atoms with Crippen molar-refractivity contribution in [3.63, 3.8) is 0 Å². The van der Waals surface area contributed by atoms with Crippen LogP contribution in [0.5, 0.6) is 0 Å². The summed E-state index contributed by atoms with van der Waals surface area (Å²) < 4.78 is 5.84. The molecule has 2 aliphatic rings. The normalized spacial score (nSPS) is 43.2. The first-order valence-electron chi connectivity index (χ1n) is 5.13. The van der Waals surface area contributed by atoms with E-state index in [2.05, 4.69) is 0 Å². The Hall–Kier alpha value is -0.0800. The van der Waals surface area contributed by atoms with Crippen LogP contribution in [0.2, 0.25) is 0 Å². The van der Waals surface area contributed by atoms with Gasteiger partial charge in [-0.15, -0.1) is 0 Å². The number of ether oxygens (including phenoxy) is 1. The van der Waals surface area contributed by atoms with Crippen LogP contribution in [0.25, 0.3) is 0 Å². The monoisotopic (exact) mass is 170 g/mol. The number of aliphatic hydroxyl groups excluding tert-OH is 1. The number of aliphatic hydroxyl groups is 1. The molecule has 1 saturated heterocycles. The van der Waals surface area contributed by atoms with Crippen molar-refractivity contribution in [2.45, 2.75) is 56.7 Å². The lowest BCUT2D eigenvalue weighted by Crippen LogP contribution is -2.41. The Kier molecular flexibility index (Phi) is 2.37. The van der Waals surface area contributed by atoms with Gasteiger partial charge in [0.2, 0.25) is 0 Å². The number of hydrogen-bond donors (Lipinski definition) is 1. The van der Waals surface area contributed by atoms with Crippen LogP contribution in [-0.4, -0.2) is 23.4 Å². The average Bonchev–Trinajstić information content (AvgIpc) is 2.13. The van der Waals surface area contributed by atoms with Gasteiger partial charge < -0.3 is 9.84 Å². The van der Waals surface area contributed by atoms with E-state index in [0.717, 1.165) is 32.3 Å². The highest BCUT2D eigenvalue weighted by molar-refractivity contribution is 4.88. The van der Waals surface area contributed by atoms with Crippen LogP contribution in [0.4, 0.5) is 0 Å². The van der Waals surface area contributed by atoms with Gasteiger partial charge >= 0.3 is 0 Å². The molecule has 1 aliphatic heterocycles. The summed E-state index contributed by atoms with van der Waals surface area (Å²) in [6.45, 7) is 0.941. The van der Waals surface area contributed by atoms with Crippen LogP contribution >= 0.6 is 0 Å². The molecular formula is C10H18O2. The van der Waals surface area contributed by atoms with Crippen LogP contribution in [0.15, 0.2) is 0 Å². The van der Waals surface area contributed by atoms with Gasteiger partial charge in [-0.3, -0.25) is 0 Å². The fourth-order valence-electron chi connectivity index (χ4n) is 2.43. The van der Waals surface area contributed by atoms with Crippen LogP contribution in [0.3, 0.4) is 0 Å². The molecule has 1 spiro atoms. The van der Waals surface area contributed by atoms with E-state index in [1.54, 1.807) is 0 Å². The minimum absolute atomic E-state index is 0.0545. The van der Waals surface area contributed by atoms with Crippen molar-refractivity contribution >= 4 is 0 Å². The van der Waals surface area contributed by atoms with E-state index in [1.807, 2.05) is 0 Å². The molecule has 0 bridgehead atoms. The predicted molar refractivity (Wildman–Crippen MR) is 47.0 cm³/mol. The third kappa shape index (κ3) is 1.64. The summed E-state index contributed by atoms with van der Waals surface area (Å²) in [5, 5.41) is 9.37. The summed E-state index contributed by atoms with van der Waals surface area (Å²) in [5.74, 6) is 0. The third-order valence-corrected chi connectivity index (χ3v) is 3.30. The third-order valence-electron chi connectivity index (χ3n) is 3.30. The maximum atomic E-state index is 9.37. The number of hydrogen-bond acceptors (Lipinski definition) is 2. The maximum Gasteiger partial charge on any atom is 0.0684 e. The summed E-state index contributed by atoms with van der Waals surface area (Å²) in [4.78, 5) is 0. The zero-order valence-corrected chi connectivity index (χ0v) is 7.59. The zero-order chi connectivity index (χ0) is 8.44. The number of rotatable bonds is 0. The molecule has 0 unspecified atom stereocenters. The van der Waals surface area contributed by atoms with Gasteiger partial charge in [-0.1, -0.05) is 0 Å². The Morgan fingerprint density at radius 1 is 1.08 bits per heavy atom. The molecular weight excluding hydrogens is 152 g/mol. The molecule has 12 heavy (non-hydrogen) atoms. The first kappa shape index (κ1) is 8.52. The lowest BCUT2D eigenvalue weighted by Gasteiger charge is -2.41. The van der Waals surface area contributed by atoms with Gasteiger partial charge in [0, 0.05) is 6.61 Å². The minimum atomic E-state index is -0.0545. The Morgan fingerprint density at radius 3 is 2.42 bits per heavy atom. The van der Waals surface area contributed by atoms with Gasteiger partial charge in [0.25, 0.3) is 0 Å². The molecule has 70 valence electrons. The van der Waals surface area contributed by atoms with Gasteiger partial charge in [-0.25, -0.2) is 0 Å². The topological polar surface area (TPSA) is 29.5 Å². The Bertz CT molecular complexity index is 140. The molecule has 0 aromatic heterocycles. The van der Waals surface area contributed by atoms with Crippen molar-refractivity contribution in [1.82, 2.24) is 0 Å². The van der Waals surface area contributed by atoms with E-state index in [-0.39, 0.29) is 11.7 Å². The fourth-order valence-corrected chi connectivity index (χ4v) is 2.43. The molecule has 0 atom stereocenters. The second kappa shape index (κ2) is 3.35. The summed E-state index contributed by atoms with van der Waals surface area (Å²) in [7, 11) is 0. The largest absolute Gasteiger partial charge is 0.393 e. The quantitative estimate of drug-likeness (QED) is 0.601. The van der Waals surface area contributed by atoms with Crippen LogP contribution in [-0.2, 0) is 4.74 Å². The highest BCUT2D eigenvalue weighted by Crippen LogP contribution is 2.38. The minimum Gasteiger partial charge on any atom is -0.393 e. The second-order valence-electron chi connectivity index (χ2n) is 4.22. The van der Waals surface area contributed by atoms with E-state index in [9.17, 15) is 5.11 Å². The Labute approximate surface area is 73.9 Å². The van der Waals surface area contributed by atoms with Gasteiger partial charge in [-0.05, 0) is 44.9 Å². The van der Waals surface area contributed by atoms with Gasteiger partial charge in [0.05, 0.1) is 11.7 Å². The van der Waals surface area contributed by atoms with E-state index >= 15 is 0 Å². The zero-order valence-electron chi connectivity index (χ0n) is 7.59. The van der Waals surface area contributed by atoms with Crippen LogP contribution in [0, 0.1) is 0 Å². The van der Waals surface area contributed by atoms with Crippen molar-refractivity contribution in [3.05, 3.63) is 0 Å². The Morgan fingerprint density at radius 2 is 1.83 bits per heavy atom. The van der Waals surface area contributed by atoms with Gasteiger partial charge in [0.15, 0.2) is 0 Å². The smallest absolute Gasteiger partial charge is 0.0684 e. The molecule has 2 heteroatoms. The molecule has 2 nitrogen and oxygen atoms in total. The molecule has 0 amide bonds. The molecule has 0 aromatic carbocycles. The molecule has 2 rings (SSSR count). The van der Waals surface area contributed by atoms with Crippen molar-refractivity contribution in [1.29, 1.82) is 0 Å². The predicted octanol–water partition coefficient (Wildman–Crippen LogP) is 1.86. The molecule has 0 aromatic rings. The summed E-state index contributed by atoms with van der Waals surface area (Å²) in [6, 6.07) is 0. The molecule has 1 N–H and O–H groups in total. The lowest BCUT2D eigenvalue weighted by molar-refractivity contribution is -0.114. The van der Waals surface area contributed by atoms with Gasteiger partial charge in [-0.2, -0.15) is 0 Å². The van der Waals surface area contributed by atoms with Gasteiger partial charge in [0.1, 0.15) is 0 Å². The molecule has 1 saturated carbocycles. The highest BCUT2D eigenvalue weighted by Gasteiger charge is 2.36. The van der Waals surface area contributed by atoms with E-state index in [1.165, 1.54) is 19.3 Å². The van der Waals surface area contributed by atoms with Crippen molar-refractivity contribution < 1.29 is 9.84 Å². The Balaban J connectivity index is 1.92. The SMILES string of the molecule is OC1CCC2(CCCCO2)CC1. The van der Waals surface area contributed by atoms with Crippen molar-refractivity contribution in [2.75, 3.05) is 6.61 Å². The standard InChI is InChI=1S/C10H18O2/c11-9-3-6-10(7-4-9)5-1-2-8-12-10/h9,11H,1-8H2. The van der Waals surface area contributed by atoms with Crippen LogP contribution in [0.1, 0.15) is 44.9 Å². The van der Waals surface area contributed by atoms with Crippen molar-refractivity contribution in [3.8, 4) is 0 Å². The summed E-state index contributed by atoms with van der Waals surface area (Å²) >= 11 is 0. The summed E-state index contributed by atoms with van der Waals surface area (Å²) in [5.41, 5.74) is 0.178. The molecule has 1 aliphatic carbocycles. The highest BCUT2D eigenvalue weighted by atomic mass is 16.5. The lowest BCUT2D eigenvalue weighted by atomic mass is 9.79. The molecule has 1 heterocycles. The van der Waals surface area contributed by atoms with Crippen molar-refractivity contribution in [2.24, 2.45) is 0 Å². The fraction of sp³-hybridized carbons (Fsp3) is 1.00. The summed E-state index contributed by atoms with van der Waals surface area (Å²) in [6.07, 6.45) is 7.75. The first-order valence-corrected chi connectivity index (χ1v) is 5.13. The molecule has 2 fully saturated rings. The van der Waals surface area contributed by atoms with E-state index in [4.69, 9.17) is 4.74 Å². The van der Waals surface area contributed by atoms with E-state index < -0.39 is 0 Å². The van der Waals surface area contributed by atoms with Crippen LogP contribution < -0.4 is 0 Å². The molecule has 0 radical (unpaired) electrons. The van der Waals surface area contributed by atoms with E-state index in [0.29, 0.717) is 0 Å². The maximum absolute atomic E-state index is 9.37.